The highest BCUT2D eigenvalue weighted by Gasteiger charge is 2.28. The zero-order chi connectivity index (χ0) is 25.8. The molecule has 1 amide bonds. The molecule has 0 saturated carbocycles. The summed E-state index contributed by atoms with van der Waals surface area (Å²) in [5.74, 6) is 0.911. The Hall–Kier alpha value is -4.30. The summed E-state index contributed by atoms with van der Waals surface area (Å²) in [5.41, 5.74) is 3.15. The molecule has 0 atom stereocenters. The van der Waals surface area contributed by atoms with Crippen LogP contribution in [0.1, 0.15) is 27.0 Å². The van der Waals surface area contributed by atoms with Gasteiger partial charge in [-0.25, -0.2) is 8.42 Å². The van der Waals surface area contributed by atoms with Crippen LogP contribution in [0, 0.1) is 6.92 Å². The fraction of sp³-hybridized carbons (Fsp3) is 0.138. The molecule has 7 nitrogen and oxygen atoms in total. The highest BCUT2D eigenvalue weighted by molar-refractivity contribution is 7.92. The van der Waals surface area contributed by atoms with E-state index in [0.717, 1.165) is 16.7 Å². The lowest BCUT2D eigenvalue weighted by molar-refractivity contribution is 0.0951. The van der Waals surface area contributed by atoms with Crippen LogP contribution < -0.4 is 19.1 Å². The minimum atomic E-state index is -3.98. The van der Waals surface area contributed by atoms with Crippen LogP contribution >= 0.6 is 0 Å². The maximum Gasteiger partial charge on any atom is 0.264 e. The average Bonchev–Trinajstić information content (AvgIpc) is 3.39. The second-order valence-corrected chi connectivity index (χ2v) is 10.6. The number of fused-ring (bicyclic) bond motifs is 1. The summed E-state index contributed by atoms with van der Waals surface area (Å²) in [6.07, 6.45) is 0. The number of hydrogen-bond acceptors (Lipinski definition) is 5. The van der Waals surface area contributed by atoms with Gasteiger partial charge in [-0.1, -0.05) is 66.2 Å². The van der Waals surface area contributed by atoms with E-state index < -0.39 is 10.0 Å². The predicted molar refractivity (Wildman–Crippen MR) is 141 cm³/mol. The van der Waals surface area contributed by atoms with Crippen molar-refractivity contribution in [3.8, 4) is 11.5 Å². The van der Waals surface area contributed by atoms with Crippen molar-refractivity contribution in [2.75, 3.05) is 11.1 Å². The molecule has 1 aliphatic rings. The van der Waals surface area contributed by atoms with E-state index in [1.54, 1.807) is 54.6 Å². The van der Waals surface area contributed by atoms with Gasteiger partial charge in [0.2, 0.25) is 6.79 Å². The number of nitrogens with one attached hydrogen (secondary N) is 1. The first kappa shape index (κ1) is 24.4. The number of carbonyl (C=O) groups is 1. The minimum Gasteiger partial charge on any atom is -0.454 e. The molecular weight excluding hydrogens is 488 g/mol. The lowest BCUT2D eigenvalue weighted by atomic mass is 10.1. The number of aryl methyl sites for hydroxylation is 1. The number of sulfonamides is 1. The zero-order valence-electron chi connectivity index (χ0n) is 20.3. The number of ether oxygens (including phenoxy) is 2. The van der Waals surface area contributed by atoms with E-state index in [-0.39, 0.29) is 36.2 Å². The molecule has 8 heteroatoms. The number of benzene rings is 4. The van der Waals surface area contributed by atoms with Crippen molar-refractivity contribution in [1.82, 2.24) is 5.32 Å². The van der Waals surface area contributed by atoms with Gasteiger partial charge >= 0.3 is 0 Å². The van der Waals surface area contributed by atoms with Crippen LogP contribution in [0.5, 0.6) is 11.5 Å². The van der Waals surface area contributed by atoms with Crippen molar-refractivity contribution in [2.24, 2.45) is 0 Å². The third-order valence-corrected chi connectivity index (χ3v) is 7.86. The Kier molecular flexibility index (Phi) is 6.83. The first-order valence-electron chi connectivity index (χ1n) is 11.8. The molecule has 0 saturated heterocycles. The molecule has 0 aromatic heterocycles. The highest BCUT2D eigenvalue weighted by Crippen LogP contribution is 2.33. The van der Waals surface area contributed by atoms with Crippen molar-refractivity contribution in [3.05, 3.63) is 119 Å². The zero-order valence-corrected chi connectivity index (χ0v) is 21.1. The topological polar surface area (TPSA) is 84.9 Å². The van der Waals surface area contributed by atoms with Crippen molar-refractivity contribution in [1.29, 1.82) is 0 Å². The number of anilines is 1. The van der Waals surface area contributed by atoms with Gasteiger partial charge in [0, 0.05) is 6.54 Å². The van der Waals surface area contributed by atoms with E-state index in [0.29, 0.717) is 17.2 Å². The molecule has 5 rings (SSSR count). The number of amides is 1. The lowest BCUT2D eigenvalue weighted by Crippen LogP contribution is -2.33. The third kappa shape index (κ3) is 5.29. The van der Waals surface area contributed by atoms with E-state index in [4.69, 9.17) is 9.47 Å². The maximum atomic E-state index is 13.9. The molecule has 0 aliphatic carbocycles. The standard InChI is InChI=1S/C29H26N2O5S/c1-21-11-14-24(15-12-21)37(33,34)31(19-22-7-3-2-4-8-22)26-10-6-5-9-25(26)29(32)30-18-23-13-16-27-28(17-23)36-20-35-27/h2-17H,18-20H2,1H3,(H,30,32). The Balaban J connectivity index is 1.47. The van der Waals surface area contributed by atoms with Crippen LogP contribution in [0.15, 0.2) is 102 Å². The Bertz CT molecular complexity index is 1520. The number of carbonyl (C=O) groups excluding carboxylic acids is 1. The molecule has 1 N–H and O–H groups in total. The molecule has 0 unspecified atom stereocenters. The van der Waals surface area contributed by atoms with Crippen molar-refractivity contribution in [3.63, 3.8) is 0 Å². The molecule has 1 heterocycles. The summed E-state index contributed by atoms with van der Waals surface area (Å²) in [4.78, 5) is 13.5. The molecule has 0 spiro atoms. The quantitative estimate of drug-likeness (QED) is 0.356. The van der Waals surface area contributed by atoms with Crippen molar-refractivity contribution < 1.29 is 22.7 Å². The average molecular weight is 515 g/mol. The number of hydrogen-bond donors (Lipinski definition) is 1. The monoisotopic (exact) mass is 514 g/mol. The Morgan fingerprint density at radius 3 is 2.32 bits per heavy atom. The molecular formula is C29H26N2O5S. The second-order valence-electron chi connectivity index (χ2n) is 8.70. The maximum absolute atomic E-state index is 13.9. The van der Waals surface area contributed by atoms with Crippen LogP contribution in [0.3, 0.4) is 0 Å². The summed E-state index contributed by atoms with van der Waals surface area (Å²) < 4.78 is 39.8. The van der Waals surface area contributed by atoms with Gasteiger partial charge in [0.05, 0.1) is 22.7 Å². The van der Waals surface area contributed by atoms with Gasteiger partial charge in [-0.3, -0.25) is 9.10 Å². The largest absolute Gasteiger partial charge is 0.454 e. The van der Waals surface area contributed by atoms with Crippen LogP contribution in [-0.2, 0) is 23.1 Å². The van der Waals surface area contributed by atoms with Crippen molar-refractivity contribution >= 4 is 21.6 Å². The number of para-hydroxylation sites is 1. The Morgan fingerprint density at radius 1 is 0.838 bits per heavy atom. The first-order valence-corrected chi connectivity index (χ1v) is 13.2. The van der Waals surface area contributed by atoms with Crippen molar-refractivity contribution in [2.45, 2.75) is 24.9 Å². The van der Waals surface area contributed by atoms with E-state index in [1.165, 1.54) is 4.31 Å². The molecule has 0 bridgehead atoms. The highest BCUT2D eigenvalue weighted by atomic mass is 32.2. The van der Waals surface area contributed by atoms with Crippen LogP contribution in [0.2, 0.25) is 0 Å². The second kappa shape index (κ2) is 10.4. The fourth-order valence-electron chi connectivity index (χ4n) is 4.10. The number of nitrogens with zero attached hydrogens (tertiary/aromatic N) is 1. The van der Waals surface area contributed by atoms with Gasteiger partial charge in [-0.15, -0.1) is 0 Å². The summed E-state index contributed by atoms with van der Waals surface area (Å²) in [7, 11) is -3.98. The van der Waals surface area contributed by atoms with E-state index in [2.05, 4.69) is 5.32 Å². The summed E-state index contributed by atoms with van der Waals surface area (Å²) in [6.45, 7) is 2.39. The van der Waals surface area contributed by atoms with Gasteiger partial charge in [0.25, 0.3) is 15.9 Å². The van der Waals surface area contributed by atoms with E-state index in [1.807, 2.05) is 49.4 Å². The van der Waals surface area contributed by atoms with Gasteiger partial charge in [0.15, 0.2) is 11.5 Å². The molecule has 0 fully saturated rings. The Labute approximate surface area is 216 Å². The van der Waals surface area contributed by atoms with Gasteiger partial charge in [-0.05, 0) is 54.4 Å². The van der Waals surface area contributed by atoms with Gasteiger partial charge < -0.3 is 14.8 Å². The normalized spacial score (nSPS) is 12.2. The molecule has 0 radical (unpaired) electrons. The number of rotatable bonds is 8. The van der Waals surface area contributed by atoms with Gasteiger partial charge in [0.1, 0.15) is 0 Å². The summed E-state index contributed by atoms with van der Waals surface area (Å²) >= 11 is 0. The third-order valence-electron chi connectivity index (χ3n) is 6.09. The smallest absolute Gasteiger partial charge is 0.264 e. The first-order chi connectivity index (χ1) is 17.9. The molecule has 188 valence electrons. The van der Waals surface area contributed by atoms with Crippen LogP contribution in [0.25, 0.3) is 0 Å². The Morgan fingerprint density at radius 2 is 1.54 bits per heavy atom. The lowest BCUT2D eigenvalue weighted by Gasteiger charge is -2.26. The van der Waals surface area contributed by atoms with E-state index in [9.17, 15) is 13.2 Å². The molecule has 37 heavy (non-hydrogen) atoms. The SMILES string of the molecule is Cc1ccc(S(=O)(=O)N(Cc2ccccc2)c2ccccc2C(=O)NCc2ccc3c(c2)OCO3)cc1. The minimum absolute atomic E-state index is 0.0729. The molecule has 4 aromatic carbocycles. The van der Waals surface area contributed by atoms with Crippen LogP contribution in [0.4, 0.5) is 5.69 Å². The van der Waals surface area contributed by atoms with E-state index >= 15 is 0 Å². The van der Waals surface area contributed by atoms with Gasteiger partial charge in [-0.2, -0.15) is 0 Å². The molecule has 1 aliphatic heterocycles. The van der Waals surface area contributed by atoms with Crippen LogP contribution in [-0.4, -0.2) is 21.1 Å². The fourth-order valence-corrected chi connectivity index (χ4v) is 5.57. The molecule has 4 aromatic rings. The summed E-state index contributed by atoms with van der Waals surface area (Å²) in [6, 6.07) is 28.2. The predicted octanol–water partition coefficient (Wildman–Crippen LogP) is 5.05. The summed E-state index contributed by atoms with van der Waals surface area (Å²) in [5, 5.41) is 2.91.